The van der Waals surface area contributed by atoms with Crippen molar-refractivity contribution in [2.75, 3.05) is 55.4 Å². The molecule has 190 valence electrons. The Kier molecular flexibility index (Phi) is 10.5. The van der Waals surface area contributed by atoms with Gasteiger partial charge in [-0.3, -0.25) is 4.79 Å². The largest absolute Gasteiger partial charge is 0.396 e. The van der Waals surface area contributed by atoms with Crippen molar-refractivity contribution in [2.45, 2.75) is 61.2 Å². The van der Waals surface area contributed by atoms with Crippen molar-refractivity contribution in [1.82, 2.24) is 10.6 Å². The number of hydrogen-bond acceptors (Lipinski definition) is 10. The molecule has 1 aliphatic heterocycles. The molecule has 10 atom stereocenters. The molecule has 8 unspecified atom stereocenters. The highest BCUT2D eigenvalue weighted by Gasteiger charge is 2.60. The minimum atomic E-state index is -1.74. The van der Waals surface area contributed by atoms with Gasteiger partial charge in [-0.15, -0.1) is 6.42 Å². The van der Waals surface area contributed by atoms with Crippen LogP contribution in [0.3, 0.4) is 0 Å². The van der Waals surface area contributed by atoms with E-state index in [1.54, 1.807) is 14.2 Å². The normalized spacial score (nSPS) is 41.4. The van der Waals surface area contributed by atoms with Crippen LogP contribution in [0.25, 0.3) is 0 Å². The first-order valence-corrected chi connectivity index (χ1v) is 10.9. The summed E-state index contributed by atoms with van der Waals surface area (Å²) >= 11 is 0. The number of nitrogens with one attached hydrogen (secondary N) is 2. The average Bonchev–Trinajstić information content (AvgIpc) is 2.81. The van der Waals surface area contributed by atoms with Crippen molar-refractivity contribution in [3.8, 4) is 12.3 Å². The number of aliphatic hydroxyl groups excluding tert-OH is 1. The molecule has 2 rings (SSSR count). The van der Waals surface area contributed by atoms with E-state index in [2.05, 4.69) is 10.6 Å². The molecule has 0 aromatic carbocycles. The third-order valence-electron chi connectivity index (χ3n) is 6.86. The third-order valence-corrected chi connectivity index (χ3v) is 6.86. The Labute approximate surface area is 195 Å². The quantitative estimate of drug-likeness (QED) is 0.261. The lowest BCUT2D eigenvalue weighted by Gasteiger charge is -2.56. The van der Waals surface area contributed by atoms with Gasteiger partial charge in [-0.1, -0.05) is 0 Å². The number of aliphatic hydroxyl groups is 2. The summed E-state index contributed by atoms with van der Waals surface area (Å²) in [5.41, 5.74) is -1.74. The summed E-state index contributed by atoms with van der Waals surface area (Å²) in [4.78, 5) is 12.3. The molecule has 1 heterocycles. The van der Waals surface area contributed by atoms with Crippen LogP contribution in [0, 0.1) is 18.3 Å². The van der Waals surface area contributed by atoms with Gasteiger partial charge >= 0.3 is 0 Å². The van der Waals surface area contributed by atoms with Gasteiger partial charge in [-0.25, -0.2) is 0 Å². The third kappa shape index (κ3) is 5.51. The Morgan fingerprint density at radius 1 is 1.09 bits per heavy atom. The van der Waals surface area contributed by atoms with Crippen molar-refractivity contribution < 1.29 is 43.4 Å². The van der Waals surface area contributed by atoms with Crippen molar-refractivity contribution in [1.29, 1.82) is 0 Å². The molecule has 1 saturated heterocycles. The summed E-state index contributed by atoms with van der Waals surface area (Å²) in [6.07, 6.45) is 2.85. The Hall–Kier alpha value is -1.33. The van der Waals surface area contributed by atoms with E-state index in [9.17, 15) is 15.0 Å². The van der Waals surface area contributed by atoms with Gasteiger partial charge in [0.2, 0.25) is 0 Å². The fourth-order valence-electron chi connectivity index (χ4n) is 5.20. The lowest BCUT2D eigenvalue weighted by molar-refractivity contribution is -0.223. The lowest BCUT2D eigenvalue weighted by Crippen LogP contribution is -2.79. The minimum absolute atomic E-state index is 0.201. The van der Waals surface area contributed by atoms with Crippen LogP contribution in [0.5, 0.6) is 0 Å². The molecule has 0 radical (unpaired) electrons. The molecular weight excluding hydrogens is 436 g/mol. The van der Waals surface area contributed by atoms with Gasteiger partial charge in [0.15, 0.2) is 0 Å². The summed E-state index contributed by atoms with van der Waals surface area (Å²) in [5, 5.41) is 28.2. The van der Waals surface area contributed by atoms with Crippen LogP contribution in [0.1, 0.15) is 6.92 Å². The first-order valence-electron chi connectivity index (χ1n) is 10.9. The Morgan fingerprint density at radius 3 is 2.21 bits per heavy atom. The van der Waals surface area contributed by atoms with E-state index >= 15 is 0 Å². The first-order chi connectivity index (χ1) is 15.8. The maximum absolute atomic E-state index is 12.3. The molecule has 33 heavy (non-hydrogen) atoms. The summed E-state index contributed by atoms with van der Waals surface area (Å²) in [6, 6.07) is -2.15. The predicted octanol–water partition coefficient (Wildman–Crippen LogP) is -2.09. The molecule has 2 fully saturated rings. The van der Waals surface area contributed by atoms with Crippen LogP contribution >= 0.6 is 0 Å². The first kappa shape index (κ1) is 27.9. The fraction of sp³-hybridized carbons (Fsp3) is 0.864. The maximum atomic E-state index is 12.3. The summed E-state index contributed by atoms with van der Waals surface area (Å²) in [7, 11) is 7.53. The number of ether oxygens (including phenoxy) is 6. The highest BCUT2D eigenvalue weighted by atomic mass is 16.6. The molecule has 0 aromatic heterocycles. The zero-order valence-corrected chi connectivity index (χ0v) is 20.1. The van der Waals surface area contributed by atoms with Gasteiger partial charge in [-0.05, 0) is 12.8 Å². The van der Waals surface area contributed by atoms with E-state index in [1.807, 2.05) is 12.8 Å². The average molecular weight is 475 g/mol. The summed E-state index contributed by atoms with van der Waals surface area (Å²) in [5.74, 6) is 0.443. The maximum Gasteiger partial charge on any atom is 0.296 e. The number of rotatable bonds is 10. The van der Waals surface area contributed by atoms with Gasteiger partial charge in [-0.2, -0.15) is 0 Å². The van der Waals surface area contributed by atoms with Gasteiger partial charge in [0.05, 0.1) is 50.2 Å². The molecule has 1 aliphatic carbocycles. The van der Waals surface area contributed by atoms with E-state index < -0.39 is 60.5 Å². The Bertz CT molecular complexity index is 675. The standard InChI is InChI=1S/C22H38N2O9/c1-8-15(26)23-21-17(24-16-12(2)33-10-14(29-4)19(16)31-6)20(32-7)18(30-5)13(9-25)22(21,27)11-28-3/h1,12-14,16-21,24-25,27H,9-11H2,2-7H3,(H,23,26)/t12?,13?,14?,16?,17?,18-,19+,20?,21?,22?/m1/s1. The molecule has 0 spiro atoms. The number of amides is 1. The Morgan fingerprint density at radius 2 is 1.73 bits per heavy atom. The van der Waals surface area contributed by atoms with Crippen LogP contribution in [0.2, 0.25) is 0 Å². The fourth-order valence-corrected chi connectivity index (χ4v) is 5.20. The lowest BCUT2D eigenvalue weighted by atomic mass is 9.66. The number of carbonyl (C=O) groups is 1. The molecule has 0 bridgehead atoms. The van der Waals surface area contributed by atoms with Gasteiger partial charge in [0.25, 0.3) is 5.91 Å². The number of carbonyl (C=O) groups excluding carboxylic acids is 1. The van der Waals surface area contributed by atoms with Crippen molar-refractivity contribution in [2.24, 2.45) is 5.92 Å². The number of methoxy groups -OCH3 is 5. The van der Waals surface area contributed by atoms with E-state index in [4.69, 9.17) is 34.8 Å². The van der Waals surface area contributed by atoms with Gasteiger partial charge in [0, 0.05) is 41.5 Å². The number of terminal acetylenes is 1. The second-order valence-electron chi connectivity index (χ2n) is 8.44. The molecule has 11 heteroatoms. The van der Waals surface area contributed by atoms with Crippen molar-refractivity contribution >= 4 is 5.91 Å². The predicted molar refractivity (Wildman–Crippen MR) is 117 cm³/mol. The summed E-state index contributed by atoms with van der Waals surface area (Å²) in [6.45, 7) is 1.60. The van der Waals surface area contributed by atoms with Crippen molar-refractivity contribution in [3.05, 3.63) is 0 Å². The molecular formula is C22H38N2O9. The summed E-state index contributed by atoms with van der Waals surface area (Å²) < 4.78 is 33.9. The molecule has 0 aromatic rings. The second-order valence-corrected chi connectivity index (χ2v) is 8.44. The van der Waals surface area contributed by atoms with Crippen LogP contribution in [-0.4, -0.2) is 126 Å². The smallest absolute Gasteiger partial charge is 0.296 e. The van der Waals surface area contributed by atoms with E-state index in [0.29, 0.717) is 6.61 Å². The van der Waals surface area contributed by atoms with Crippen molar-refractivity contribution in [3.63, 3.8) is 0 Å². The van der Waals surface area contributed by atoms with E-state index in [-0.39, 0.29) is 18.8 Å². The highest BCUT2D eigenvalue weighted by molar-refractivity contribution is 5.93. The zero-order valence-electron chi connectivity index (χ0n) is 20.1. The molecule has 4 N–H and O–H groups in total. The van der Waals surface area contributed by atoms with Crippen LogP contribution in [-0.2, 0) is 33.2 Å². The zero-order chi connectivity index (χ0) is 24.8. The molecule has 11 nitrogen and oxygen atoms in total. The molecule has 1 saturated carbocycles. The van der Waals surface area contributed by atoms with Gasteiger partial charge in [0.1, 0.15) is 23.9 Å². The topological polar surface area (TPSA) is 137 Å². The number of hydrogen-bond donors (Lipinski definition) is 4. The highest BCUT2D eigenvalue weighted by Crippen LogP contribution is 2.38. The van der Waals surface area contributed by atoms with Crippen LogP contribution in [0.4, 0.5) is 0 Å². The Balaban J connectivity index is 2.57. The van der Waals surface area contributed by atoms with Crippen LogP contribution in [0.15, 0.2) is 0 Å². The SMILES string of the molecule is C#CC(=O)NC1C(NC2C(C)OCC(OC)[C@@H]2OC)C(OC)[C@H](OC)C(CO)C1(O)COC. The monoisotopic (exact) mass is 474 g/mol. The second kappa shape index (κ2) is 12.4. The van der Waals surface area contributed by atoms with Crippen LogP contribution < -0.4 is 10.6 Å². The van der Waals surface area contributed by atoms with E-state index in [1.165, 1.54) is 21.3 Å². The van der Waals surface area contributed by atoms with Gasteiger partial charge < -0.3 is 49.3 Å². The molecule has 1 amide bonds. The van der Waals surface area contributed by atoms with E-state index in [0.717, 1.165) is 0 Å². The minimum Gasteiger partial charge on any atom is -0.396 e. The molecule has 2 aliphatic rings.